The SMILES string of the molecule is CC1(C)OB(c2cncc(Cl)c2C2CC2)OC1(C)C. The van der Waals surface area contributed by atoms with Gasteiger partial charge in [0, 0.05) is 17.9 Å². The maximum absolute atomic E-state index is 6.31. The summed E-state index contributed by atoms with van der Waals surface area (Å²) in [6, 6.07) is 0. The highest BCUT2D eigenvalue weighted by atomic mass is 35.5. The van der Waals surface area contributed by atoms with Gasteiger partial charge in [-0.05, 0) is 52.0 Å². The molecule has 0 unspecified atom stereocenters. The maximum Gasteiger partial charge on any atom is 0.496 e. The number of rotatable bonds is 2. The summed E-state index contributed by atoms with van der Waals surface area (Å²) in [5.41, 5.74) is 1.49. The Bertz CT molecular complexity index is 498. The molecule has 3 nitrogen and oxygen atoms in total. The molecule has 2 aliphatic rings. The summed E-state index contributed by atoms with van der Waals surface area (Å²) < 4.78 is 12.2. The van der Waals surface area contributed by atoms with Crippen LogP contribution in [0.1, 0.15) is 52.0 Å². The van der Waals surface area contributed by atoms with Crippen LogP contribution in [0, 0.1) is 0 Å². The molecule has 3 rings (SSSR count). The van der Waals surface area contributed by atoms with E-state index in [-0.39, 0.29) is 18.3 Å². The van der Waals surface area contributed by atoms with Gasteiger partial charge >= 0.3 is 7.12 Å². The molecular formula is C14H19BClNO2. The van der Waals surface area contributed by atoms with Crippen molar-refractivity contribution in [3.05, 3.63) is 23.0 Å². The molecule has 2 fully saturated rings. The van der Waals surface area contributed by atoms with E-state index in [2.05, 4.69) is 32.7 Å². The van der Waals surface area contributed by atoms with Crippen LogP contribution in [0.3, 0.4) is 0 Å². The van der Waals surface area contributed by atoms with Crippen molar-refractivity contribution in [1.29, 1.82) is 0 Å². The Morgan fingerprint density at radius 1 is 1.16 bits per heavy atom. The quantitative estimate of drug-likeness (QED) is 0.780. The molecule has 1 saturated heterocycles. The van der Waals surface area contributed by atoms with Gasteiger partial charge < -0.3 is 9.31 Å². The van der Waals surface area contributed by atoms with Crippen molar-refractivity contribution in [2.24, 2.45) is 0 Å². The molecule has 1 aromatic heterocycles. The molecular weight excluding hydrogens is 260 g/mol. The van der Waals surface area contributed by atoms with Crippen LogP contribution in [0.5, 0.6) is 0 Å². The van der Waals surface area contributed by atoms with Crippen LogP contribution >= 0.6 is 11.6 Å². The number of hydrogen-bond acceptors (Lipinski definition) is 3. The summed E-state index contributed by atoms with van der Waals surface area (Å²) in [4.78, 5) is 4.20. The van der Waals surface area contributed by atoms with Crippen LogP contribution in [0.2, 0.25) is 5.02 Å². The van der Waals surface area contributed by atoms with Crippen molar-refractivity contribution in [2.45, 2.75) is 57.7 Å². The second kappa shape index (κ2) is 4.21. The van der Waals surface area contributed by atoms with Crippen molar-refractivity contribution in [1.82, 2.24) is 4.98 Å². The number of halogens is 1. The Labute approximate surface area is 119 Å². The number of hydrogen-bond donors (Lipinski definition) is 0. The smallest absolute Gasteiger partial charge is 0.399 e. The Kier molecular flexibility index (Phi) is 2.97. The molecule has 1 aromatic rings. The molecule has 0 atom stereocenters. The molecule has 0 spiro atoms. The third-order valence-electron chi connectivity index (χ3n) is 4.46. The summed E-state index contributed by atoms with van der Waals surface area (Å²) >= 11 is 6.31. The largest absolute Gasteiger partial charge is 0.496 e. The second-order valence-corrected chi connectivity index (χ2v) is 6.89. The zero-order valence-electron chi connectivity index (χ0n) is 11.9. The van der Waals surface area contributed by atoms with Gasteiger partial charge in [-0.15, -0.1) is 0 Å². The van der Waals surface area contributed by atoms with E-state index in [1.807, 2.05) is 6.20 Å². The molecule has 0 aromatic carbocycles. The average Bonchev–Trinajstić information content (AvgIpc) is 3.07. The zero-order valence-corrected chi connectivity index (χ0v) is 12.6. The number of aromatic nitrogens is 1. The van der Waals surface area contributed by atoms with Crippen LogP contribution in [0.4, 0.5) is 0 Å². The first-order chi connectivity index (χ1) is 8.82. The molecule has 102 valence electrons. The number of pyridine rings is 1. The topological polar surface area (TPSA) is 31.4 Å². The molecule has 0 amide bonds. The number of nitrogens with zero attached hydrogens (tertiary/aromatic N) is 1. The first-order valence-corrected chi connectivity index (χ1v) is 7.18. The van der Waals surface area contributed by atoms with E-state index in [0.717, 1.165) is 16.0 Å². The summed E-state index contributed by atoms with van der Waals surface area (Å²) in [6.45, 7) is 8.23. The van der Waals surface area contributed by atoms with E-state index in [0.29, 0.717) is 5.92 Å². The predicted octanol–water partition coefficient (Wildman–Crippen LogP) is 2.91. The second-order valence-electron chi connectivity index (χ2n) is 6.49. The van der Waals surface area contributed by atoms with Gasteiger partial charge in [0.25, 0.3) is 0 Å². The minimum atomic E-state index is -0.369. The van der Waals surface area contributed by atoms with Gasteiger partial charge in [0.05, 0.1) is 16.2 Å². The Balaban J connectivity index is 1.98. The summed E-state index contributed by atoms with van der Waals surface area (Å²) in [5.74, 6) is 0.546. The van der Waals surface area contributed by atoms with Gasteiger partial charge in [-0.1, -0.05) is 11.6 Å². The highest BCUT2D eigenvalue weighted by Crippen LogP contribution is 2.43. The highest BCUT2D eigenvalue weighted by Gasteiger charge is 2.53. The van der Waals surface area contributed by atoms with Gasteiger partial charge in [-0.25, -0.2) is 0 Å². The van der Waals surface area contributed by atoms with Crippen molar-refractivity contribution >= 4 is 24.2 Å². The van der Waals surface area contributed by atoms with Crippen LogP contribution in [-0.4, -0.2) is 23.3 Å². The fourth-order valence-electron chi connectivity index (χ4n) is 2.42. The minimum absolute atomic E-state index is 0.333. The molecule has 19 heavy (non-hydrogen) atoms. The van der Waals surface area contributed by atoms with Gasteiger partial charge in [0.1, 0.15) is 0 Å². The van der Waals surface area contributed by atoms with Gasteiger partial charge in [-0.2, -0.15) is 0 Å². The third kappa shape index (κ3) is 2.20. The van der Waals surface area contributed by atoms with Crippen molar-refractivity contribution in [3.8, 4) is 0 Å². The van der Waals surface area contributed by atoms with Gasteiger partial charge in [0.15, 0.2) is 0 Å². The van der Waals surface area contributed by atoms with E-state index >= 15 is 0 Å². The van der Waals surface area contributed by atoms with Crippen LogP contribution in [0.15, 0.2) is 12.4 Å². The minimum Gasteiger partial charge on any atom is -0.399 e. The van der Waals surface area contributed by atoms with E-state index in [9.17, 15) is 0 Å². The lowest BCUT2D eigenvalue weighted by Gasteiger charge is -2.32. The molecule has 1 aliphatic heterocycles. The van der Waals surface area contributed by atoms with E-state index in [1.165, 1.54) is 12.8 Å². The van der Waals surface area contributed by atoms with Gasteiger partial charge in [-0.3, -0.25) is 4.98 Å². The lowest BCUT2D eigenvalue weighted by atomic mass is 9.76. The fraction of sp³-hybridized carbons (Fsp3) is 0.643. The molecule has 5 heteroatoms. The van der Waals surface area contributed by atoms with E-state index in [4.69, 9.17) is 20.9 Å². The molecule has 0 radical (unpaired) electrons. The highest BCUT2D eigenvalue weighted by molar-refractivity contribution is 6.63. The van der Waals surface area contributed by atoms with Crippen molar-refractivity contribution in [2.75, 3.05) is 0 Å². The lowest BCUT2D eigenvalue weighted by molar-refractivity contribution is 0.00578. The molecule has 2 heterocycles. The maximum atomic E-state index is 6.31. The summed E-state index contributed by atoms with van der Waals surface area (Å²) in [7, 11) is -0.369. The summed E-state index contributed by atoms with van der Waals surface area (Å²) in [6.07, 6.45) is 5.93. The van der Waals surface area contributed by atoms with E-state index < -0.39 is 0 Å². The van der Waals surface area contributed by atoms with Crippen LogP contribution in [-0.2, 0) is 9.31 Å². The normalized spacial score (nSPS) is 24.8. The van der Waals surface area contributed by atoms with E-state index in [1.54, 1.807) is 6.20 Å². The molecule has 1 aliphatic carbocycles. The molecule has 0 bridgehead atoms. The first-order valence-electron chi connectivity index (χ1n) is 6.81. The Morgan fingerprint density at radius 3 is 2.26 bits per heavy atom. The lowest BCUT2D eigenvalue weighted by Crippen LogP contribution is -2.41. The Morgan fingerprint density at radius 2 is 1.74 bits per heavy atom. The van der Waals surface area contributed by atoms with Crippen LogP contribution in [0.25, 0.3) is 0 Å². The monoisotopic (exact) mass is 279 g/mol. The first kappa shape index (κ1) is 13.4. The fourth-order valence-corrected chi connectivity index (χ4v) is 2.74. The average molecular weight is 280 g/mol. The van der Waals surface area contributed by atoms with Gasteiger partial charge in [0.2, 0.25) is 0 Å². The Hall–Kier alpha value is -0.575. The molecule has 1 saturated carbocycles. The van der Waals surface area contributed by atoms with Crippen molar-refractivity contribution in [3.63, 3.8) is 0 Å². The van der Waals surface area contributed by atoms with Crippen LogP contribution < -0.4 is 5.46 Å². The third-order valence-corrected chi connectivity index (χ3v) is 4.76. The van der Waals surface area contributed by atoms with Crippen molar-refractivity contribution < 1.29 is 9.31 Å². The summed E-state index contributed by atoms with van der Waals surface area (Å²) in [5, 5.41) is 0.731. The zero-order chi connectivity index (χ0) is 13.8. The predicted molar refractivity (Wildman–Crippen MR) is 76.9 cm³/mol. The molecule has 0 N–H and O–H groups in total. The standard InChI is InChI=1S/C14H19BClNO2/c1-13(2)14(3,4)19-15(18-13)10-7-17-8-11(16)12(10)9-5-6-9/h7-9H,5-6H2,1-4H3.